The molecule has 6 heteroatoms. The second kappa shape index (κ2) is 5.89. The van der Waals surface area contributed by atoms with Crippen molar-refractivity contribution in [3.05, 3.63) is 23.8 Å². The number of aromatic nitrogens is 2. The number of aryl methyl sites for hydroxylation is 1. The SMILES string of the molecule is Cc1ccnc([C@@H]2CCN(C(=O)C3CCC(F)(F)CC3)C2)n1. The minimum Gasteiger partial charge on any atom is -0.342 e. The molecule has 22 heavy (non-hydrogen) atoms. The average molecular weight is 309 g/mol. The summed E-state index contributed by atoms with van der Waals surface area (Å²) in [7, 11) is 0. The van der Waals surface area contributed by atoms with E-state index >= 15 is 0 Å². The number of nitrogens with zero attached hydrogens (tertiary/aromatic N) is 3. The second-order valence-corrected chi connectivity index (χ2v) is 6.46. The van der Waals surface area contributed by atoms with Gasteiger partial charge in [0.05, 0.1) is 0 Å². The van der Waals surface area contributed by atoms with E-state index in [0.717, 1.165) is 17.9 Å². The molecule has 120 valence electrons. The largest absolute Gasteiger partial charge is 0.342 e. The summed E-state index contributed by atoms with van der Waals surface area (Å²) in [6, 6.07) is 1.85. The van der Waals surface area contributed by atoms with Crippen molar-refractivity contribution in [2.75, 3.05) is 13.1 Å². The average Bonchev–Trinajstić information content (AvgIpc) is 2.96. The van der Waals surface area contributed by atoms with Crippen molar-refractivity contribution in [3.8, 4) is 0 Å². The zero-order valence-corrected chi connectivity index (χ0v) is 12.8. The molecule has 0 aromatic carbocycles. The minimum absolute atomic E-state index is 0.0330. The smallest absolute Gasteiger partial charge is 0.248 e. The highest BCUT2D eigenvalue weighted by Gasteiger charge is 2.40. The molecule has 1 amide bonds. The number of likely N-dealkylation sites (tertiary alicyclic amines) is 1. The van der Waals surface area contributed by atoms with Crippen LogP contribution in [0.5, 0.6) is 0 Å². The van der Waals surface area contributed by atoms with Crippen LogP contribution in [0.25, 0.3) is 0 Å². The van der Waals surface area contributed by atoms with Crippen LogP contribution in [-0.2, 0) is 4.79 Å². The molecular weight excluding hydrogens is 288 g/mol. The summed E-state index contributed by atoms with van der Waals surface area (Å²) < 4.78 is 26.4. The monoisotopic (exact) mass is 309 g/mol. The van der Waals surface area contributed by atoms with Gasteiger partial charge in [0.15, 0.2) is 0 Å². The first-order valence-corrected chi connectivity index (χ1v) is 7.91. The van der Waals surface area contributed by atoms with Crippen LogP contribution < -0.4 is 0 Å². The van der Waals surface area contributed by atoms with Crippen LogP contribution in [0.4, 0.5) is 8.78 Å². The van der Waals surface area contributed by atoms with Crippen LogP contribution in [0.1, 0.15) is 49.5 Å². The van der Waals surface area contributed by atoms with Crippen LogP contribution in [0.15, 0.2) is 12.3 Å². The maximum atomic E-state index is 13.2. The van der Waals surface area contributed by atoms with Crippen LogP contribution in [0.3, 0.4) is 0 Å². The molecule has 2 fully saturated rings. The summed E-state index contributed by atoms with van der Waals surface area (Å²) >= 11 is 0. The van der Waals surface area contributed by atoms with E-state index in [1.165, 1.54) is 0 Å². The van der Waals surface area contributed by atoms with E-state index in [2.05, 4.69) is 9.97 Å². The first-order chi connectivity index (χ1) is 10.4. The molecule has 1 aromatic heterocycles. The number of carbonyl (C=O) groups excluding carboxylic acids is 1. The lowest BCUT2D eigenvalue weighted by Gasteiger charge is -2.30. The van der Waals surface area contributed by atoms with Gasteiger partial charge >= 0.3 is 0 Å². The van der Waals surface area contributed by atoms with Crippen LogP contribution >= 0.6 is 0 Å². The molecule has 4 nitrogen and oxygen atoms in total. The summed E-state index contributed by atoms with van der Waals surface area (Å²) in [6.07, 6.45) is 2.86. The molecule has 1 aliphatic heterocycles. The highest BCUT2D eigenvalue weighted by Crippen LogP contribution is 2.37. The van der Waals surface area contributed by atoms with Gasteiger partial charge in [-0.15, -0.1) is 0 Å². The van der Waals surface area contributed by atoms with E-state index in [1.54, 1.807) is 6.20 Å². The van der Waals surface area contributed by atoms with Crippen molar-refractivity contribution in [3.63, 3.8) is 0 Å². The van der Waals surface area contributed by atoms with Crippen molar-refractivity contribution >= 4 is 5.91 Å². The molecule has 1 aromatic rings. The Bertz CT molecular complexity index is 554. The van der Waals surface area contributed by atoms with Crippen LogP contribution in [0.2, 0.25) is 0 Å². The Balaban J connectivity index is 1.59. The van der Waals surface area contributed by atoms with E-state index in [9.17, 15) is 13.6 Å². The predicted molar refractivity (Wildman–Crippen MR) is 77.6 cm³/mol. The van der Waals surface area contributed by atoms with Gasteiger partial charge in [-0.05, 0) is 32.3 Å². The second-order valence-electron chi connectivity index (χ2n) is 6.46. The van der Waals surface area contributed by atoms with E-state index < -0.39 is 5.92 Å². The minimum atomic E-state index is -2.58. The van der Waals surface area contributed by atoms with Gasteiger partial charge in [-0.2, -0.15) is 0 Å². The van der Waals surface area contributed by atoms with E-state index in [1.807, 2.05) is 17.9 Å². The first-order valence-electron chi connectivity index (χ1n) is 7.91. The highest BCUT2D eigenvalue weighted by molar-refractivity contribution is 5.79. The van der Waals surface area contributed by atoms with Gasteiger partial charge in [0.25, 0.3) is 0 Å². The predicted octanol–water partition coefficient (Wildman–Crippen LogP) is 2.93. The molecule has 0 N–H and O–H groups in total. The molecule has 2 aliphatic rings. The quantitative estimate of drug-likeness (QED) is 0.844. The highest BCUT2D eigenvalue weighted by atomic mass is 19.3. The third-order valence-corrected chi connectivity index (χ3v) is 4.74. The summed E-state index contributed by atoms with van der Waals surface area (Å²) in [4.78, 5) is 23.0. The number of rotatable bonds is 2. The number of carbonyl (C=O) groups is 1. The van der Waals surface area contributed by atoms with Gasteiger partial charge < -0.3 is 4.90 Å². The molecule has 0 unspecified atom stereocenters. The Labute approximate surface area is 128 Å². The third kappa shape index (κ3) is 3.25. The Morgan fingerprint density at radius 2 is 2.05 bits per heavy atom. The topological polar surface area (TPSA) is 46.1 Å². The van der Waals surface area contributed by atoms with Crippen molar-refractivity contribution in [2.24, 2.45) is 5.92 Å². The molecule has 1 aliphatic carbocycles. The van der Waals surface area contributed by atoms with E-state index in [0.29, 0.717) is 25.9 Å². The zero-order chi connectivity index (χ0) is 15.7. The molecular formula is C16H21F2N3O. The van der Waals surface area contributed by atoms with Gasteiger partial charge in [0, 0.05) is 49.7 Å². The fraction of sp³-hybridized carbons (Fsp3) is 0.688. The van der Waals surface area contributed by atoms with Gasteiger partial charge in [-0.25, -0.2) is 18.7 Å². The fourth-order valence-electron chi connectivity index (χ4n) is 3.38. The number of amides is 1. The van der Waals surface area contributed by atoms with Gasteiger partial charge in [0.2, 0.25) is 11.8 Å². The molecule has 1 saturated carbocycles. The molecule has 1 atom stereocenters. The standard InChI is InChI=1S/C16H21F2N3O/c1-11-4-8-19-14(20-11)13-5-9-21(10-13)15(22)12-2-6-16(17,18)7-3-12/h4,8,12-13H,2-3,5-7,9-10H2,1H3/t13-/m1/s1. The van der Waals surface area contributed by atoms with Crippen LogP contribution in [0, 0.1) is 12.8 Å². The number of halogens is 2. The fourth-order valence-corrected chi connectivity index (χ4v) is 3.38. The van der Waals surface area contributed by atoms with Crippen LogP contribution in [-0.4, -0.2) is 39.8 Å². The van der Waals surface area contributed by atoms with Gasteiger partial charge in [-0.1, -0.05) is 0 Å². The lowest BCUT2D eigenvalue weighted by molar-refractivity contribution is -0.138. The summed E-state index contributed by atoms with van der Waals surface area (Å²) in [5.41, 5.74) is 0.921. The molecule has 1 saturated heterocycles. The Morgan fingerprint density at radius 3 is 2.73 bits per heavy atom. The lowest BCUT2D eigenvalue weighted by atomic mass is 9.86. The Hall–Kier alpha value is -1.59. The lowest BCUT2D eigenvalue weighted by Crippen LogP contribution is -2.38. The summed E-state index contributed by atoms with van der Waals surface area (Å²) in [5, 5.41) is 0. The van der Waals surface area contributed by atoms with E-state index in [-0.39, 0.29) is 30.6 Å². The van der Waals surface area contributed by atoms with E-state index in [4.69, 9.17) is 0 Å². The molecule has 2 heterocycles. The molecule has 3 rings (SSSR count). The van der Waals surface area contributed by atoms with Crippen molar-refractivity contribution in [1.29, 1.82) is 0 Å². The van der Waals surface area contributed by atoms with Crippen molar-refractivity contribution in [1.82, 2.24) is 14.9 Å². The zero-order valence-electron chi connectivity index (χ0n) is 12.8. The number of hydrogen-bond donors (Lipinski definition) is 0. The summed E-state index contributed by atoms with van der Waals surface area (Å²) in [5.74, 6) is -1.85. The maximum Gasteiger partial charge on any atom is 0.248 e. The Kier molecular flexibility index (Phi) is 4.10. The Morgan fingerprint density at radius 1 is 1.32 bits per heavy atom. The molecule has 0 radical (unpaired) electrons. The molecule has 0 bridgehead atoms. The summed E-state index contributed by atoms with van der Waals surface area (Å²) in [6.45, 7) is 3.20. The number of hydrogen-bond acceptors (Lipinski definition) is 3. The normalized spacial score (nSPS) is 25.4. The first kappa shape index (κ1) is 15.3. The van der Waals surface area contributed by atoms with Crippen molar-refractivity contribution in [2.45, 2.75) is 50.9 Å². The van der Waals surface area contributed by atoms with Gasteiger partial charge in [-0.3, -0.25) is 4.79 Å². The van der Waals surface area contributed by atoms with Gasteiger partial charge in [0.1, 0.15) is 5.82 Å². The number of alkyl halides is 2. The maximum absolute atomic E-state index is 13.2. The molecule has 0 spiro atoms. The third-order valence-electron chi connectivity index (χ3n) is 4.74. The van der Waals surface area contributed by atoms with Crippen molar-refractivity contribution < 1.29 is 13.6 Å².